The van der Waals surface area contributed by atoms with Crippen molar-refractivity contribution in [1.82, 2.24) is 19.4 Å². The first-order valence-corrected chi connectivity index (χ1v) is 10.9. The van der Waals surface area contributed by atoms with Gasteiger partial charge in [0.25, 0.3) is 5.91 Å². The first-order valence-electron chi connectivity index (χ1n) is 10.1. The largest absolute Gasteiger partial charge is 0.334 e. The summed E-state index contributed by atoms with van der Waals surface area (Å²) in [6.07, 6.45) is 5.79. The van der Waals surface area contributed by atoms with Gasteiger partial charge in [-0.3, -0.25) is 4.79 Å². The van der Waals surface area contributed by atoms with Gasteiger partial charge in [0, 0.05) is 25.7 Å². The predicted molar refractivity (Wildman–Crippen MR) is 108 cm³/mol. The van der Waals surface area contributed by atoms with E-state index in [9.17, 15) is 4.79 Å². The molecule has 1 amide bonds. The lowest BCUT2D eigenvalue weighted by molar-refractivity contribution is 0.0203. The zero-order valence-electron chi connectivity index (χ0n) is 16.0. The summed E-state index contributed by atoms with van der Waals surface area (Å²) in [4.78, 5) is 18.4. The van der Waals surface area contributed by atoms with Gasteiger partial charge in [-0.2, -0.15) is 0 Å². The molecule has 6 heteroatoms. The summed E-state index contributed by atoms with van der Waals surface area (Å²) in [5, 5.41) is 4.02. The number of piperidine rings is 2. The number of carbonyl (C=O) groups excluding carboxylic acids is 1. The van der Waals surface area contributed by atoms with E-state index in [2.05, 4.69) is 49.7 Å². The van der Waals surface area contributed by atoms with E-state index in [1.807, 2.05) is 6.92 Å². The third kappa shape index (κ3) is 4.22. The fourth-order valence-electron chi connectivity index (χ4n) is 4.64. The molecule has 0 bridgehead atoms. The molecule has 2 fully saturated rings. The zero-order chi connectivity index (χ0) is 18.6. The number of nitrogens with zero attached hydrogens (tertiary/aromatic N) is 4. The highest BCUT2D eigenvalue weighted by atomic mass is 32.1. The molecule has 1 aromatic carbocycles. The minimum Gasteiger partial charge on any atom is -0.334 e. The quantitative estimate of drug-likeness (QED) is 0.793. The Morgan fingerprint density at radius 3 is 2.85 bits per heavy atom. The number of likely N-dealkylation sites (tertiary alicyclic amines) is 2. The highest BCUT2D eigenvalue weighted by Gasteiger charge is 2.38. The summed E-state index contributed by atoms with van der Waals surface area (Å²) in [6.45, 7) is 6.14. The zero-order valence-corrected chi connectivity index (χ0v) is 16.8. The van der Waals surface area contributed by atoms with Crippen LogP contribution in [0.15, 0.2) is 30.3 Å². The molecule has 2 aromatic rings. The van der Waals surface area contributed by atoms with Gasteiger partial charge >= 0.3 is 0 Å². The Morgan fingerprint density at radius 1 is 1.22 bits per heavy atom. The Balaban J connectivity index is 1.32. The molecule has 1 aromatic heterocycles. The number of benzene rings is 1. The molecule has 5 nitrogen and oxygen atoms in total. The van der Waals surface area contributed by atoms with Crippen LogP contribution >= 0.6 is 11.5 Å². The van der Waals surface area contributed by atoms with Crippen LogP contribution in [-0.2, 0) is 6.42 Å². The van der Waals surface area contributed by atoms with Crippen LogP contribution in [0.2, 0.25) is 0 Å². The number of carbonyl (C=O) groups is 1. The molecule has 4 rings (SSSR count). The Morgan fingerprint density at radius 2 is 2.07 bits per heavy atom. The van der Waals surface area contributed by atoms with Gasteiger partial charge in [0.1, 0.15) is 4.88 Å². The van der Waals surface area contributed by atoms with E-state index in [0.717, 1.165) is 56.0 Å². The van der Waals surface area contributed by atoms with Crippen molar-refractivity contribution >= 4 is 17.4 Å². The molecular weight excluding hydrogens is 356 g/mol. The first kappa shape index (κ1) is 18.6. The smallest absolute Gasteiger partial charge is 0.267 e. The summed E-state index contributed by atoms with van der Waals surface area (Å²) in [6, 6.07) is 11.1. The van der Waals surface area contributed by atoms with Crippen molar-refractivity contribution in [2.75, 3.05) is 26.2 Å². The third-order valence-corrected chi connectivity index (χ3v) is 6.86. The van der Waals surface area contributed by atoms with Crippen molar-refractivity contribution in [3.63, 3.8) is 0 Å². The number of fused-ring (bicyclic) bond motifs is 1. The van der Waals surface area contributed by atoms with Crippen molar-refractivity contribution in [2.24, 2.45) is 5.92 Å². The second-order valence-corrected chi connectivity index (χ2v) is 8.59. The van der Waals surface area contributed by atoms with Crippen LogP contribution in [0, 0.1) is 12.8 Å². The SMILES string of the molecule is Cc1nnsc1C(=O)N1CCC[C@@H]2CN(CCCc3ccccc3)CC[C@@H]21. The van der Waals surface area contributed by atoms with Crippen LogP contribution in [0.25, 0.3) is 0 Å². The maximum Gasteiger partial charge on any atom is 0.267 e. The van der Waals surface area contributed by atoms with Crippen LogP contribution in [0.3, 0.4) is 0 Å². The van der Waals surface area contributed by atoms with Crippen LogP contribution < -0.4 is 0 Å². The molecular formula is C21H28N4OS. The topological polar surface area (TPSA) is 49.3 Å². The molecule has 0 aliphatic carbocycles. The van der Waals surface area contributed by atoms with Crippen molar-refractivity contribution in [2.45, 2.75) is 45.1 Å². The van der Waals surface area contributed by atoms with Crippen molar-refractivity contribution < 1.29 is 4.79 Å². The number of aryl methyl sites for hydroxylation is 2. The maximum absolute atomic E-state index is 13.0. The van der Waals surface area contributed by atoms with E-state index in [1.54, 1.807) is 0 Å². The van der Waals surface area contributed by atoms with Crippen molar-refractivity contribution in [3.05, 3.63) is 46.5 Å². The molecule has 0 N–H and O–H groups in total. The lowest BCUT2D eigenvalue weighted by Gasteiger charge is -2.47. The molecule has 2 aliphatic heterocycles. The van der Waals surface area contributed by atoms with E-state index in [-0.39, 0.29) is 5.91 Å². The second-order valence-electron chi connectivity index (χ2n) is 7.83. The number of rotatable bonds is 5. The summed E-state index contributed by atoms with van der Waals surface area (Å²) in [5.41, 5.74) is 2.20. The van der Waals surface area contributed by atoms with E-state index in [1.165, 1.54) is 29.9 Å². The van der Waals surface area contributed by atoms with Crippen molar-refractivity contribution in [3.8, 4) is 0 Å². The van der Waals surface area contributed by atoms with Gasteiger partial charge in [-0.1, -0.05) is 34.8 Å². The average molecular weight is 385 g/mol. The number of aromatic nitrogens is 2. The second kappa shape index (κ2) is 8.48. The van der Waals surface area contributed by atoms with Crippen LogP contribution in [0.4, 0.5) is 0 Å². The van der Waals surface area contributed by atoms with Gasteiger partial charge in [0.2, 0.25) is 0 Å². The Labute approximate surface area is 165 Å². The Kier molecular flexibility index (Phi) is 5.83. The molecule has 3 heterocycles. The van der Waals surface area contributed by atoms with Crippen molar-refractivity contribution in [1.29, 1.82) is 0 Å². The van der Waals surface area contributed by atoms with Gasteiger partial charge in [0.05, 0.1) is 5.69 Å². The van der Waals surface area contributed by atoms with Crippen LogP contribution in [-0.4, -0.2) is 57.5 Å². The highest BCUT2D eigenvalue weighted by Crippen LogP contribution is 2.32. The monoisotopic (exact) mass is 384 g/mol. The highest BCUT2D eigenvalue weighted by molar-refractivity contribution is 7.07. The number of amides is 1. The molecule has 144 valence electrons. The number of hydrogen-bond acceptors (Lipinski definition) is 5. The maximum atomic E-state index is 13.0. The Bertz CT molecular complexity index is 763. The minimum atomic E-state index is 0.148. The minimum absolute atomic E-state index is 0.148. The third-order valence-electron chi connectivity index (χ3n) is 6.04. The van der Waals surface area contributed by atoms with E-state index in [0.29, 0.717) is 12.0 Å². The number of hydrogen-bond donors (Lipinski definition) is 0. The van der Waals surface area contributed by atoms with Gasteiger partial charge in [-0.15, -0.1) is 5.10 Å². The normalized spacial score (nSPS) is 23.2. The van der Waals surface area contributed by atoms with E-state index >= 15 is 0 Å². The van der Waals surface area contributed by atoms with Crippen LogP contribution in [0.5, 0.6) is 0 Å². The predicted octanol–water partition coefficient (Wildman–Crippen LogP) is 3.41. The van der Waals surface area contributed by atoms with E-state index in [4.69, 9.17) is 0 Å². The van der Waals surface area contributed by atoms with Gasteiger partial charge in [-0.25, -0.2) is 0 Å². The Hall–Kier alpha value is -1.79. The summed E-state index contributed by atoms with van der Waals surface area (Å²) >= 11 is 1.24. The molecule has 2 atom stereocenters. The molecule has 0 saturated carbocycles. The molecule has 27 heavy (non-hydrogen) atoms. The molecule has 0 spiro atoms. The van der Waals surface area contributed by atoms with Gasteiger partial charge < -0.3 is 9.80 Å². The summed E-state index contributed by atoms with van der Waals surface area (Å²) in [7, 11) is 0. The van der Waals surface area contributed by atoms with Gasteiger partial charge in [0.15, 0.2) is 0 Å². The fourth-order valence-corrected chi connectivity index (χ4v) is 5.26. The standard InChI is InChI=1S/C21H28N4OS/c1-16-20(27-23-22-16)21(26)25-13-6-10-18-15-24(14-11-19(18)25)12-5-9-17-7-3-2-4-8-17/h2-4,7-8,18-19H,5-6,9-15H2,1H3/t18-,19+/m1/s1. The molecule has 2 saturated heterocycles. The van der Waals surface area contributed by atoms with Gasteiger partial charge in [-0.05, 0) is 68.6 Å². The average Bonchev–Trinajstić information content (AvgIpc) is 3.13. The lowest BCUT2D eigenvalue weighted by Crippen LogP contribution is -2.55. The molecule has 0 radical (unpaired) electrons. The molecule has 2 aliphatic rings. The first-order chi connectivity index (χ1) is 13.2. The summed E-state index contributed by atoms with van der Waals surface area (Å²) in [5.74, 6) is 0.754. The lowest BCUT2D eigenvalue weighted by atomic mass is 9.83. The molecule has 0 unspecified atom stereocenters. The fraction of sp³-hybridized carbons (Fsp3) is 0.571. The summed E-state index contributed by atoms with van der Waals surface area (Å²) < 4.78 is 3.95. The van der Waals surface area contributed by atoms with Crippen LogP contribution in [0.1, 0.15) is 46.6 Å². The van der Waals surface area contributed by atoms with E-state index < -0.39 is 0 Å².